The first kappa shape index (κ1) is 16.0. The molecule has 0 amide bonds. The number of aromatic nitrogens is 1. The number of hydrogen-bond donors (Lipinski definition) is 1. The van der Waals surface area contributed by atoms with Crippen LogP contribution in [0.5, 0.6) is 0 Å². The third kappa shape index (κ3) is 2.82. The second kappa shape index (κ2) is 6.31. The summed E-state index contributed by atoms with van der Waals surface area (Å²) in [6, 6.07) is 9.78. The number of rotatable bonds is 4. The van der Waals surface area contributed by atoms with Crippen LogP contribution in [0.1, 0.15) is 23.7 Å². The van der Waals surface area contributed by atoms with Crippen LogP contribution in [-0.2, 0) is 20.9 Å². The van der Waals surface area contributed by atoms with Crippen molar-refractivity contribution in [3.63, 3.8) is 0 Å². The maximum Gasteiger partial charge on any atom is 0.378 e. The zero-order valence-corrected chi connectivity index (χ0v) is 13.8. The summed E-state index contributed by atoms with van der Waals surface area (Å²) in [5.74, 6) is -1.01. The largest absolute Gasteiger partial charge is 0.460 e. The molecule has 6 nitrogen and oxygen atoms in total. The zero-order valence-electron chi connectivity index (χ0n) is 13.8. The predicted molar refractivity (Wildman–Crippen MR) is 89.4 cm³/mol. The van der Waals surface area contributed by atoms with Crippen LogP contribution < -0.4 is 5.73 Å². The van der Waals surface area contributed by atoms with Gasteiger partial charge in [-0.2, -0.15) is 0 Å². The second-order valence-electron chi connectivity index (χ2n) is 5.77. The summed E-state index contributed by atoms with van der Waals surface area (Å²) in [6.45, 7) is 4.37. The highest BCUT2D eigenvalue weighted by atomic mass is 16.5. The van der Waals surface area contributed by atoms with Crippen molar-refractivity contribution in [3.05, 3.63) is 53.3 Å². The summed E-state index contributed by atoms with van der Waals surface area (Å²) in [5.41, 5.74) is 10.2. The maximum atomic E-state index is 12.2. The van der Waals surface area contributed by atoms with Crippen molar-refractivity contribution < 1.29 is 18.9 Å². The Hall–Kier alpha value is -2.89. The number of carbonyl (C=O) groups is 2. The van der Waals surface area contributed by atoms with Crippen molar-refractivity contribution in [2.24, 2.45) is 5.73 Å². The van der Waals surface area contributed by atoms with E-state index in [0.29, 0.717) is 12.4 Å². The smallest absolute Gasteiger partial charge is 0.378 e. The molecule has 1 aromatic heterocycles. The van der Waals surface area contributed by atoms with Crippen LogP contribution in [0.4, 0.5) is 5.69 Å². The Labute approximate surface area is 140 Å². The minimum absolute atomic E-state index is 0.147. The van der Waals surface area contributed by atoms with Gasteiger partial charge in [0, 0.05) is 11.8 Å². The Morgan fingerprint density at radius 2 is 2.12 bits per heavy atom. The molecular weight excluding hydrogens is 306 g/mol. The summed E-state index contributed by atoms with van der Waals surface area (Å²) in [5, 5.41) is 0. The van der Waals surface area contributed by atoms with Gasteiger partial charge in [-0.25, -0.2) is 9.37 Å². The number of fused-ring (bicyclic) bond motifs is 2. The molecule has 0 unspecified atom stereocenters. The molecule has 2 heterocycles. The standard InChI is InChI=1S/C18H19N3O3/c1-3-24-18(23)16(22)11-21-14-7-6-12(2)9-13(14)10-20-8-4-5-15(20)17(21)19/h4-9,19H,3,10-11H2,1-2H3/p+1. The van der Waals surface area contributed by atoms with E-state index in [0.717, 1.165) is 22.5 Å². The van der Waals surface area contributed by atoms with Crippen LogP contribution in [0.3, 0.4) is 0 Å². The third-order valence-electron chi connectivity index (χ3n) is 4.05. The SMILES string of the molecule is CCOC(=O)C(=O)C[N+]1=C(N)c2cccn2Cc2cc(C)ccc21. The molecule has 0 spiro atoms. The van der Waals surface area contributed by atoms with Gasteiger partial charge in [0.05, 0.1) is 13.2 Å². The fraction of sp³-hybridized carbons (Fsp3) is 0.278. The highest BCUT2D eigenvalue weighted by Gasteiger charge is 2.28. The first-order chi connectivity index (χ1) is 11.5. The normalized spacial score (nSPS) is 13.1. The van der Waals surface area contributed by atoms with Crippen LogP contribution in [0.15, 0.2) is 36.5 Å². The number of ketones is 1. The molecule has 0 aliphatic carbocycles. The fourth-order valence-corrected chi connectivity index (χ4v) is 2.93. The topological polar surface area (TPSA) is 77.3 Å². The van der Waals surface area contributed by atoms with Crippen molar-refractivity contribution in [1.82, 2.24) is 4.57 Å². The number of ether oxygens (including phenoxy) is 1. The van der Waals surface area contributed by atoms with Gasteiger partial charge in [0.15, 0.2) is 6.54 Å². The minimum atomic E-state index is -0.835. The van der Waals surface area contributed by atoms with Crippen LogP contribution in [0.25, 0.3) is 0 Å². The van der Waals surface area contributed by atoms with E-state index in [4.69, 9.17) is 10.5 Å². The van der Waals surface area contributed by atoms with Gasteiger partial charge in [0.2, 0.25) is 0 Å². The van der Waals surface area contributed by atoms with Crippen molar-refractivity contribution in [2.75, 3.05) is 13.2 Å². The number of aryl methyl sites for hydroxylation is 1. The molecule has 0 saturated carbocycles. The van der Waals surface area contributed by atoms with Gasteiger partial charge in [-0.05, 0) is 32.0 Å². The van der Waals surface area contributed by atoms with E-state index in [2.05, 4.69) is 6.07 Å². The first-order valence-electron chi connectivity index (χ1n) is 7.86. The molecule has 0 radical (unpaired) electrons. The van der Waals surface area contributed by atoms with Gasteiger partial charge >= 0.3 is 5.97 Å². The Kier molecular flexibility index (Phi) is 4.20. The molecule has 0 atom stereocenters. The van der Waals surface area contributed by atoms with E-state index in [1.54, 1.807) is 11.5 Å². The highest BCUT2D eigenvalue weighted by Crippen LogP contribution is 2.25. The van der Waals surface area contributed by atoms with Crippen molar-refractivity contribution in [1.29, 1.82) is 0 Å². The monoisotopic (exact) mass is 326 g/mol. The summed E-state index contributed by atoms with van der Waals surface area (Å²) >= 11 is 0. The molecule has 1 aromatic carbocycles. The van der Waals surface area contributed by atoms with Gasteiger partial charge in [0.1, 0.15) is 11.4 Å². The lowest BCUT2D eigenvalue weighted by molar-refractivity contribution is -0.428. The molecule has 0 fully saturated rings. The summed E-state index contributed by atoms with van der Waals surface area (Å²) in [6.07, 6.45) is 1.95. The number of carbonyl (C=O) groups excluding carboxylic acids is 2. The van der Waals surface area contributed by atoms with Gasteiger partial charge in [-0.1, -0.05) is 17.7 Å². The molecule has 1 aliphatic rings. The van der Waals surface area contributed by atoms with Crippen molar-refractivity contribution in [3.8, 4) is 0 Å². The lowest BCUT2D eigenvalue weighted by Gasteiger charge is -2.10. The highest BCUT2D eigenvalue weighted by molar-refractivity contribution is 6.34. The van der Waals surface area contributed by atoms with Crippen LogP contribution >= 0.6 is 0 Å². The van der Waals surface area contributed by atoms with Gasteiger partial charge in [-0.3, -0.25) is 10.5 Å². The first-order valence-corrected chi connectivity index (χ1v) is 7.86. The Morgan fingerprint density at radius 1 is 1.33 bits per heavy atom. The van der Waals surface area contributed by atoms with Gasteiger partial charge < -0.3 is 9.30 Å². The Balaban J connectivity index is 2.09. The lowest BCUT2D eigenvalue weighted by atomic mass is 10.1. The number of amidine groups is 1. The molecule has 3 rings (SSSR count). The number of nitrogens with zero attached hydrogens (tertiary/aromatic N) is 2. The molecule has 2 N–H and O–H groups in total. The summed E-state index contributed by atoms with van der Waals surface area (Å²) in [7, 11) is 0. The minimum Gasteiger partial charge on any atom is -0.460 e. The third-order valence-corrected chi connectivity index (χ3v) is 4.05. The number of nitrogens with two attached hydrogens (primary N) is 1. The van der Waals surface area contributed by atoms with E-state index in [-0.39, 0.29) is 13.2 Å². The predicted octanol–water partition coefficient (Wildman–Crippen LogP) is 1.34. The fourth-order valence-electron chi connectivity index (χ4n) is 2.93. The lowest BCUT2D eigenvalue weighted by Crippen LogP contribution is -2.34. The summed E-state index contributed by atoms with van der Waals surface area (Å²) in [4.78, 5) is 23.9. The van der Waals surface area contributed by atoms with Gasteiger partial charge in [-0.15, -0.1) is 0 Å². The number of benzene rings is 1. The molecule has 6 heteroatoms. The number of esters is 1. The van der Waals surface area contributed by atoms with Crippen LogP contribution in [0, 0.1) is 6.92 Å². The van der Waals surface area contributed by atoms with Crippen molar-refractivity contribution in [2.45, 2.75) is 20.4 Å². The Bertz CT molecular complexity index is 849. The van der Waals surface area contributed by atoms with Crippen LogP contribution in [-0.4, -0.2) is 39.9 Å². The molecule has 0 saturated heterocycles. The van der Waals surface area contributed by atoms with E-state index in [9.17, 15) is 9.59 Å². The van der Waals surface area contributed by atoms with Crippen LogP contribution in [0.2, 0.25) is 0 Å². The van der Waals surface area contributed by atoms with Crippen molar-refractivity contribution >= 4 is 23.3 Å². The average molecular weight is 326 g/mol. The number of hydrogen-bond acceptors (Lipinski definition) is 4. The van der Waals surface area contributed by atoms with Gasteiger partial charge in [0.25, 0.3) is 11.6 Å². The quantitative estimate of drug-likeness (QED) is 0.522. The molecule has 0 bridgehead atoms. The Morgan fingerprint density at radius 3 is 2.88 bits per heavy atom. The average Bonchev–Trinajstić information content (AvgIpc) is 2.97. The number of Topliss-reactive ketones (excluding diaryl/α,β-unsaturated/α-hetero) is 1. The zero-order chi connectivity index (χ0) is 17.3. The van der Waals surface area contributed by atoms with E-state index in [1.807, 2.05) is 42.0 Å². The maximum absolute atomic E-state index is 12.2. The summed E-state index contributed by atoms with van der Waals surface area (Å²) < 4.78 is 8.52. The van der Waals surface area contributed by atoms with E-state index in [1.165, 1.54) is 0 Å². The van der Waals surface area contributed by atoms with E-state index < -0.39 is 11.8 Å². The molecular formula is C18H20N3O3+. The molecule has 24 heavy (non-hydrogen) atoms. The molecule has 124 valence electrons. The second-order valence-corrected chi connectivity index (χ2v) is 5.77. The molecule has 2 aromatic rings. The van der Waals surface area contributed by atoms with E-state index >= 15 is 0 Å². The molecule has 1 aliphatic heterocycles.